The largest absolute Gasteiger partial charge is 0.467 e. The summed E-state index contributed by atoms with van der Waals surface area (Å²) in [7, 11) is 0. The molecule has 27 heavy (non-hydrogen) atoms. The second kappa shape index (κ2) is 8.61. The van der Waals surface area contributed by atoms with E-state index in [1.54, 1.807) is 12.3 Å². The number of fused-ring (bicyclic) bond motifs is 1. The van der Waals surface area contributed by atoms with Crippen molar-refractivity contribution >= 4 is 11.6 Å². The second-order valence-corrected chi connectivity index (χ2v) is 7.35. The molecule has 5 heteroatoms. The molecule has 0 aliphatic carbocycles. The van der Waals surface area contributed by atoms with Crippen molar-refractivity contribution < 1.29 is 9.21 Å². The van der Waals surface area contributed by atoms with Crippen LogP contribution in [0.5, 0.6) is 0 Å². The minimum Gasteiger partial charge on any atom is -0.467 e. The number of nitrogens with zero attached hydrogens (tertiary/aromatic N) is 2. The summed E-state index contributed by atoms with van der Waals surface area (Å²) in [6.07, 6.45) is 2.64. The summed E-state index contributed by atoms with van der Waals surface area (Å²) in [5, 5.41) is 3.07. The molecule has 1 aliphatic heterocycles. The number of benzene rings is 1. The molecule has 5 nitrogen and oxygen atoms in total. The van der Waals surface area contributed by atoms with Gasteiger partial charge in [0, 0.05) is 24.3 Å². The van der Waals surface area contributed by atoms with E-state index >= 15 is 0 Å². The molecule has 0 saturated heterocycles. The SMILES string of the molecule is CCN(CC)C(C)CNC(=O)c1ccoc1CN1c2ccccc2CC1C. The number of hydrogen-bond acceptors (Lipinski definition) is 4. The fraction of sp³-hybridized carbons (Fsp3) is 0.500. The molecule has 0 saturated carbocycles. The predicted octanol–water partition coefficient (Wildman–Crippen LogP) is 3.69. The summed E-state index contributed by atoms with van der Waals surface area (Å²) in [5.74, 6) is 0.671. The molecule has 2 heterocycles. The summed E-state index contributed by atoms with van der Waals surface area (Å²) < 4.78 is 5.69. The van der Waals surface area contributed by atoms with Crippen LogP contribution in [0, 0.1) is 0 Å². The molecule has 0 fully saturated rings. The molecule has 1 aromatic heterocycles. The zero-order chi connectivity index (χ0) is 19.4. The number of nitrogens with one attached hydrogen (secondary N) is 1. The highest BCUT2D eigenvalue weighted by Crippen LogP contribution is 2.33. The predicted molar refractivity (Wildman–Crippen MR) is 109 cm³/mol. The number of carbonyl (C=O) groups is 1. The lowest BCUT2D eigenvalue weighted by molar-refractivity contribution is 0.0936. The average Bonchev–Trinajstić information content (AvgIpc) is 3.26. The van der Waals surface area contributed by atoms with Crippen LogP contribution in [-0.4, -0.2) is 42.5 Å². The van der Waals surface area contributed by atoms with Crippen LogP contribution < -0.4 is 10.2 Å². The second-order valence-electron chi connectivity index (χ2n) is 7.35. The number of furan rings is 1. The van der Waals surface area contributed by atoms with Gasteiger partial charge >= 0.3 is 0 Å². The standard InChI is InChI=1S/C22H31N3O2/c1-5-24(6-2)17(4)14-23-22(26)19-11-12-27-21(19)15-25-16(3)13-18-9-7-8-10-20(18)25/h7-12,16-17H,5-6,13-15H2,1-4H3,(H,23,26). The zero-order valence-corrected chi connectivity index (χ0v) is 16.9. The third-order valence-corrected chi connectivity index (χ3v) is 5.65. The molecule has 1 aliphatic rings. The number of rotatable bonds is 8. The van der Waals surface area contributed by atoms with Crippen molar-refractivity contribution in [2.45, 2.75) is 52.7 Å². The van der Waals surface area contributed by atoms with Crippen molar-refractivity contribution in [1.29, 1.82) is 0 Å². The fourth-order valence-electron chi connectivity index (χ4n) is 4.00. The first-order valence-electron chi connectivity index (χ1n) is 9.98. The van der Waals surface area contributed by atoms with E-state index in [1.165, 1.54) is 11.3 Å². The first kappa shape index (κ1) is 19.5. The minimum absolute atomic E-state index is 0.0575. The van der Waals surface area contributed by atoms with Crippen LogP contribution in [0.2, 0.25) is 0 Å². The Bertz CT molecular complexity index is 766. The summed E-state index contributed by atoms with van der Waals surface area (Å²) in [4.78, 5) is 17.4. The summed E-state index contributed by atoms with van der Waals surface area (Å²) in [6, 6.07) is 10.9. The van der Waals surface area contributed by atoms with Gasteiger partial charge in [0.05, 0.1) is 18.4 Å². The lowest BCUT2D eigenvalue weighted by atomic mass is 10.1. The van der Waals surface area contributed by atoms with Crippen molar-refractivity contribution in [2.75, 3.05) is 24.5 Å². The number of anilines is 1. The maximum atomic E-state index is 12.7. The van der Waals surface area contributed by atoms with Crippen molar-refractivity contribution in [3.05, 3.63) is 53.5 Å². The van der Waals surface area contributed by atoms with Gasteiger partial charge in [-0.15, -0.1) is 0 Å². The number of amides is 1. The van der Waals surface area contributed by atoms with Gasteiger partial charge in [-0.25, -0.2) is 0 Å². The van der Waals surface area contributed by atoms with Gasteiger partial charge in [0.15, 0.2) is 0 Å². The van der Waals surface area contributed by atoms with Crippen LogP contribution in [0.4, 0.5) is 5.69 Å². The fourth-order valence-corrected chi connectivity index (χ4v) is 4.00. The summed E-state index contributed by atoms with van der Waals surface area (Å²) in [5.41, 5.74) is 3.23. The highest BCUT2D eigenvalue weighted by molar-refractivity contribution is 5.95. The first-order valence-corrected chi connectivity index (χ1v) is 9.98. The molecule has 146 valence electrons. The zero-order valence-electron chi connectivity index (χ0n) is 16.9. The van der Waals surface area contributed by atoms with Crippen molar-refractivity contribution in [3.8, 4) is 0 Å². The molecule has 3 rings (SSSR count). The lowest BCUT2D eigenvalue weighted by Gasteiger charge is -2.26. The molecule has 1 amide bonds. The Balaban J connectivity index is 1.67. The normalized spacial score (nSPS) is 17.2. The number of para-hydroxylation sites is 1. The Morgan fingerprint density at radius 2 is 2.04 bits per heavy atom. The van der Waals surface area contributed by atoms with E-state index in [-0.39, 0.29) is 5.91 Å². The first-order chi connectivity index (χ1) is 13.0. The van der Waals surface area contributed by atoms with Crippen molar-refractivity contribution in [2.24, 2.45) is 0 Å². The van der Waals surface area contributed by atoms with Crippen molar-refractivity contribution in [3.63, 3.8) is 0 Å². The highest BCUT2D eigenvalue weighted by atomic mass is 16.3. The smallest absolute Gasteiger partial charge is 0.254 e. The molecular formula is C22H31N3O2. The van der Waals surface area contributed by atoms with Gasteiger partial charge in [-0.1, -0.05) is 32.0 Å². The van der Waals surface area contributed by atoms with Gasteiger partial charge in [0.1, 0.15) is 5.76 Å². The topological polar surface area (TPSA) is 48.7 Å². The van der Waals surface area contributed by atoms with Gasteiger partial charge < -0.3 is 14.6 Å². The van der Waals surface area contributed by atoms with E-state index in [1.807, 2.05) is 0 Å². The molecule has 2 atom stereocenters. The van der Waals surface area contributed by atoms with Crippen molar-refractivity contribution in [1.82, 2.24) is 10.2 Å². The lowest BCUT2D eigenvalue weighted by Crippen LogP contribution is -2.42. The van der Waals surface area contributed by atoms with Gasteiger partial charge in [-0.3, -0.25) is 9.69 Å². The van der Waals surface area contributed by atoms with E-state index in [0.29, 0.717) is 30.7 Å². The third kappa shape index (κ3) is 4.19. The van der Waals surface area contributed by atoms with E-state index < -0.39 is 0 Å². The van der Waals surface area contributed by atoms with Gasteiger partial charge in [-0.05, 0) is 51.1 Å². The summed E-state index contributed by atoms with van der Waals surface area (Å²) >= 11 is 0. The molecule has 0 bridgehead atoms. The molecule has 0 radical (unpaired) electrons. The maximum absolute atomic E-state index is 12.7. The van der Waals surface area contributed by atoms with Crippen LogP contribution in [0.25, 0.3) is 0 Å². The Kier molecular flexibility index (Phi) is 6.22. The van der Waals surface area contributed by atoms with E-state index in [4.69, 9.17) is 4.42 Å². The maximum Gasteiger partial charge on any atom is 0.254 e. The number of hydrogen-bond donors (Lipinski definition) is 1. The van der Waals surface area contributed by atoms with Gasteiger partial charge in [0.25, 0.3) is 5.91 Å². The van der Waals surface area contributed by atoms with Gasteiger partial charge in [0.2, 0.25) is 0 Å². The molecule has 0 spiro atoms. The highest BCUT2D eigenvalue weighted by Gasteiger charge is 2.28. The van der Waals surface area contributed by atoms with Crippen LogP contribution in [0.1, 0.15) is 49.4 Å². The quantitative estimate of drug-likeness (QED) is 0.771. The van der Waals surface area contributed by atoms with Crippen LogP contribution in [0.15, 0.2) is 41.0 Å². The van der Waals surface area contributed by atoms with Gasteiger partial charge in [-0.2, -0.15) is 0 Å². The van der Waals surface area contributed by atoms with Crippen LogP contribution >= 0.6 is 0 Å². The van der Waals surface area contributed by atoms with E-state index in [9.17, 15) is 4.79 Å². The molecule has 1 aromatic carbocycles. The summed E-state index contributed by atoms with van der Waals surface area (Å²) in [6.45, 7) is 11.9. The van der Waals surface area contributed by atoms with Crippen LogP contribution in [0.3, 0.4) is 0 Å². The third-order valence-electron chi connectivity index (χ3n) is 5.65. The van der Waals surface area contributed by atoms with E-state index in [2.05, 4.69) is 67.1 Å². The Morgan fingerprint density at radius 1 is 1.30 bits per heavy atom. The molecule has 1 N–H and O–H groups in total. The monoisotopic (exact) mass is 369 g/mol. The van der Waals surface area contributed by atoms with Crippen LogP contribution in [-0.2, 0) is 13.0 Å². The Hall–Kier alpha value is -2.27. The number of carbonyl (C=O) groups excluding carboxylic acids is 1. The molecular weight excluding hydrogens is 338 g/mol. The average molecular weight is 370 g/mol. The number of likely N-dealkylation sites (N-methyl/N-ethyl adjacent to an activating group) is 1. The Morgan fingerprint density at radius 3 is 2.78 bits per heavy atom. The minimum atomic E-state index is -0.0575. The molecule has 2 unspecified atom stereocenters. The van der Waals surface area contributed by atoms with E-state index in [0.717, 1.165) is 25.3 Å². The Labute approximate surface area is 162 Å². The molecule has 2 aromatic rings.